The quantitative estimate of drug-likeness (QED) is 0.123. The lowest BCUT2D eigenvalue weighted by Gasteiger charge is -2.35. The lowest BCUT2D eigenvalue weighted by Crippen LogP contribution is -2.49. The maximum Gasteiger partial charge on any atom is 0.331 e. The third-order valence-corrected chi connectivity index (χ3v) is 5.92. The monoisotopic (exact) mass is 412 g/mol. The lowest BCUT2D eigenvalue weighted by molar-refractivity contribution is -0.923. The number of likely N-dealkylation sites (N-methyl/N-ethyl adjacent to an activating group) is 1. The van der Waals surface area contributed by atoms with E-state index in [9.17, 15) is 9.59 Å². The maximum absolute atomic E-state index is 11.7. The zero-order chi connectivity index (χ0) is 21.8. The Labute approximate surface area is 179 Å². The van der Waals surface area contributed by atoms with Crippen molar-refractivity contribution in [3.05, 3.63) is 12.2 Å². The summed E-state index contributed by atoms with van der Waals surface area (Å²) in [6.07, 6.45) is 14.8. The van der Waals surface area contributed by atoms with Gasteiger partial charge in [0, 0.05) is 12.2 Å². The Morgan fingerprint density at radius 1 is 0.621 bits per heavy atom. The van der Waals surface area contributed by atoms with Crippen molar-refractivity contribution >= 4 is 11.9 Å². The molecule has 29 heavy (non-hydrogen) atoms. The van der Waals surface area contributed by atoms with Gasteiger partial charge in [0.1, 0.15) is 13.2 Å². The summed E-state index contributed by atoms with van der Waals surface area (Å²) < 4.78 is 11.3. The van der Waals surface area contributed by atoms with Gasteiger partial charge < -0.3 is 14.0 Å². The minimum Gasteiger partial charge on any atom is -0.463 e. The van der Waals surface area contributed by atoms with Crippen LogP contribution in [0.2, 0.25) is 0 Å². The molecule has 0 rings (SSSR count). The van der Waals surface area contributed by atoms with E-state index in [2.05, 4.69) is 27.7 Å². The summed E-state index contributed by atoms with van der Waals surface area (Å²) in [6, 6.07) is 0. The third kappa shape index (κ3) is 15.2. The summed E-state index contributed by atoms with van der Waals surface area (Å²) in [6.45, 7) is 13.3. The van der Waals surface area contributed by atoms with E-state index in [0.717, 1.165) is 43.5 Å². The van der Waals surface area contributed by atoms with Crippen molar-refractivity contribution < 1.29 is 23.5 Å². The van der Waals surface area contributed by atoms with Crippen molar-refractivity contribution in [3.8, 4) is 0 Å². The Balaban J connectivity index is 3.68. The zero-order valence-corrected chi connectivity index (χ0v) is 19.5. The molecule has 0 aliphatic carbocycles. The summed E-state index contributed by atoms with van der Waals surface area (Å²) >= 11 is 0. The molecule has 0 N–H and O–H groups in total. The van der Waals surface area contributed by atoms with Gasteiger partial charge in [0.25, 0.3) is 0 Å². The van der Waals surface area contributed by atoms with Gasteiger partial charge in [-0.05, 0) is 27.2 Å². The zero-order valence-electron chi connectivity index (χ0n) is 19.5. The molecule has 0 aliphatic heterocycles. The number of ether oxygens (including phenoxy) is 2. The van der Waals surface area contributed by atoms with Crippen molar-refractivity contribution in [2.75, 3.05) is 39.4 Å². The van der Waals surface area contributed by atoms with Gasteiger partial charge >= 0.3 is 11.9 Å². The van der Waals surface area contributed by atoms with Crippen LogP contribution in [0.4, 0.5) is 0 Å². The number of unbranched alkanes of at least 4 members (excludes halogenated alkanes) is 9. The number of quaternary nitrogens is 1. The number of carbonyl (C=O) groups is 2. The Bertz CT molecular complexity index is 436. The van der Waals surface area contributed by atoms with Gasteiger partial charge in [0.05, 0.1) is 26.2 Å². The minimum atomic E-state index is -0.484. The molecule has 0 unspecified atom stereocenters. The molecule has 0 aromatic carbocycles. The molecule has 0 aromatic heterocycles. The first kappa shape index (κ1) is 27.6. The van der Waals surface area contributed by atoms with Crippen LogP contribution in [0.15, 0.2) is 12.2 Å². The van der Waals surface area contributed by atoms with Crippen molar-refractivity contribution in [1.82, 2.24) is 0 Å². The molecule has 170 valence electrons. The predicted octanol–water partition coefficient (Wildman–Crippen LogP) is 5.43. The Hall–Kier alpha value is -1.36. The second-order valence-corrected chi connectivity index (χ2v) is 7.86. The molecule has 0 spiro atoms. The van der Waals surface area contributed by atoms with E-state index in [1.54, 1.807) is 0 Å². The van der Waals surface area contributed by atoms with E-state index in [1.807, 2.05) is 0 Å². The van der Waals surface area contributed by atoms with Crippen molar-refractivity contribution in [1.29, 1.82) is 0 Å². The average molecular weight is 413 g/mol. The minimum absolute atomic E-state index is 0.367. The molecule has 0 amide bonds. The fraction of sp³-hybridized carbons (Fsp3) is 0.833. The number of hydrogen-bond acceptors (Lipinski definition) is 4. The summed E-state index contributed by atoms with van der Waals surface area (Å²) in [4.78, 5) is 23.4. The van der Waals surface area contributed by atoms with Gasteiger partial charge in [0.2, 0.25) is 0 Å². The number of carbonyl (C=O) groups excluding carboxylic acids is 2. The highest BCUT2D eigenvalue weighted by molar-refractivity contribution is 5.91. The summed E-state index contributed by atoms with van der Waals surface area (Å²) in [7, 11) is 0. The summed E-state index contributed by atoms with van der Waals surface area (Å²) in [5, 5.41) is 0. The molecule has 0 saturated heterocycles. The van der Waals surface area contributed by atoms with Crippen LogP contribution in [0.1, 0.15) is 91.9 Å². The van der Waals surface area contributed by atoms with Gasteiger partial charge in [0.15, 0.2) is 0 Å². The summed E-state index contributed by atoms with van der Waals surface area (Å²) in [5.41, 5.74) is 0. The van der Waals surface area contributed by atoms with Gasteiger partial charge in [-0.15, -0.1) is 0 Å². The molecular formula is C24H46NO4+. The van der Waals surface area contributed by atoms with E-state index in [-0.39, 0.29) is 0 Å². The number of rotatable bonds is 19. The van der Waals surface area contributed by atoms with Crippen LogP contribution >= 0.6 is 0 Å². The second-order valence-electron chi connectivity index (χ2n) is 7.86. The lowest BCUT2D eigenvalue weighted by atomic mass is 10.1. The van der Waals surface area contributed by atoms with Crippen molar-refractivity contribution in [2.24, 2.45) is 0 Å². The Morgan fingerprint density at radius 2 is 1.03 bits per heavy atom. The van der Waals surface area contributed by atoms with Gasteiger partial charge in [-0.2, -0.15) is 0 Å². The average Bonchev–Trinajstić information content (AvgIpc) is 2.74. The van der Waals surface area contributed by atoms with Crippen LogP contribution in [0.25, 0.3) is 0 Å². The van der Waals surface area contributed by atoms with E-state index in [0.29, 0.717) is 13.2 Å². The number of nitrogens with zero attached hydrogens (tertiary/aromatic N) is 1. The van der Waals surface area contributed by atoms with Crippen LogP contribution in [-0.4, -0.2) is 55.8 Å². The molecule has 5 nitrogen and oxygen atoms in total. The van der Waals surface area contributed by atoms with Gasteiger partial charge in [-0.1, -0.05) is 64.7 Å². The van der Waals surface area contributed by atoms with Crippen molar-refractivity contribution in [3.63, 3.8) is 0 Å². The van der Waals surface area contributed by atoms with Crippen LogP contribution < -0.4 is 0 Å². The van der Waals surface area contributed by atoms with Crippen LogP contribution in [-0.2, 0) is 19.1 Å². The maximum atomic E-state index is 11.7. The van der Waals surface area contributed by atoms with Crippen LogP contribution in [0.3, 0.4) is 0 Å². The molecule has 5 heteroatoms. The predicted molar refractivity (Wildman–Crippen MR) is 120 cm³/mol. The third-order valence-electron chi connectivity index (χ3n) is 5.92. The molecule has 0 radical (unpaired) electrons. The number of esters is 2. The normalized spacial score (nSPS) is 11.7. The van der Waals surface area contributed by atoms with Crippen LogP contribution in [0, 0.1) is 0 Å². The second kappa shape index (κ2) is 18.7. The Morgan fingerprint density at radius 3 is 1.48 bits per heavy atom. The van der Waals surface area contributed by atoms with E-state index < -0.39 is 11.9 Å². The molecule has 0 aromatic rings. The van der Waals surface area contributed by atoms with E-state index in [4.69, 9.17) is 9.47 Å². The highest BCUT2D eigenvalue weighted by Gasteiger charge is 2.20. The van der Waals surface area contributed by atoms with Gasteiger partial charge in [-0.3, -0.25) is 0 Å². The van der Waals surface area contributed by atoms with Crippen LogP contribution in [0.5, 0.6) is 0 Å². The van der Waals surface area contributed by atoms with E-state index in [1.165, 1.54) is 63.5 Å². The highest BCUT2D eigenvalue weighted by atomic mass is 16.5. The first-order valence-electron chi connectivity index (χ1n) is 11.9. The van der Waals surface area contributed by atoms with Crippen molar-refractivity contribution in [2.45, 2.75) is 91.9 Å². The largest absolute Gasteiger partial charge is 0.463 e. The topological polar surface area (TPSA) is 52.6 Å². The molecule has 0 fully saturated rings. The molecule has 0 atom stereocenters. The Kier molecular flexibility index (Phi) is 17.8. The molecular weight excluding hydrogens is 366 g/mol. The number of hydrogen-bond donors (Lipinski definition) is 0. The first-order chi connectivity index (χ1) is 14.0. The standard InChI is InChI=1S/C24H46NO4/c1-5-9-10-11-12-13-14-15-16-17-21-28-23(26)18-19-24(27)29-22-20-25(6-2,7-3)8-4/h18-19H,5-17,20-22H2,1-4H3/q+1/b19-18-. The SMILES string of the molecule is CCCCCCCCCCCCOC(=O)/C=C\C(=O)OCC[N+](CC)(CC)CC. The van der Waals surface area contributed by atoms with E-state index >= 15 is 0 Å². The molecule has 0 saturated carbocycles. The molecule has 0 aliphatic rings. The fourth-order valence-corrected chi connectivity index (χ4v) is 3.48. The molecule has 0 heterocycles. The fourth-order valence-electron chi connectivity index (χ4n) is 3.48. The highest BCUT2D eigenvalue weighted by Crippen LogP contribution is 2.10. The smallest absolute Gasteiger partial charge is 0.331 e. The summed E-state index contributed by atoms with van der Waals surface area (Å²) in [5.74, 6) is -0.957. The molecule has 0 bridgehead atoms. The first-order valence-corrected chi connectivity index (χ1v) is 11.9. The van der Waals surface area contributed by atoms with Gasteiger partial charge in [-0.25, -0.2) is 9.59 Å².